The molecule has 4 rings (SSSR count). The van der Waals surface area contributed by atoms with Crippen LogP contribution in [0.15, 0.2) is 55.0 Å². The molecule has 2 heterocycles. The molecule has 0 atom stereocenters. The molecule has 0 aliphatic rings. The number of ether oxygens (including phenoxy) is 4. The Morgan fingerprint density at radius 1 is 0.867 bits per heavy atom. The Morgan fingerprint density at radius 2 is 1.57 bits per heavy atom. The summed E-state index contributed by atoms with van der Waals surface area (Å²) < 4.78 is 23.7. The van der Waals surface area contributed by atoms with Gasteiger partial charge in [0.1, 0.15) is 17.3 Å². The molecule has 1 N–H and O–H groups in total. The molecular formula is C22H22N4O4. The monoisotopic (exact) mass is 406 g/mol. The van der Waals surface area contributed by atoms with E-state index in [0.717, 1.165) is 28.5 Å². The van der Waals surface area contributed by atoms with Gasteiger partial charge in [-0.3, -0.25) is 9.38 Å². The molecular weight excluding hydrogens is 384 g/mol. The van der Waals surface area contributed by atoms with Crippen LogP contribution < -0.4 is 24.3 Å². The molecule has 0 amide bonds. The first kappa shape index (κ1) is 19.4. The van der Waals surface area contributed by atoms with E-state index < -0.39 is 0 Å². The Morgan fingerprint density at radius 3 is 2.17 bits per heavy atom. The minimum absolute atomic E-state index is 0.527. The second-order valence-electron chi connectivity index (χ2n) is 6.38. The van der Waals surface area contributed by atoms with Gasteiger partial charge < -0.3 is 24.3 Å². The predicted octanol–water partition coefficient (Wildman–Crippen LogP) is 4.17. The lowest BCUT2D eigenvalue weighted by molar-refractivity contribution is 0.324. The number of benzene rings is 2. The number of nitrogens with one attached hydrogen (secondary N) is 1. The number of methoxy groups -OCH3 is 4. The average Bonchev–Trinajstić information content (AvgIpc) is 3.16. The summed E-state index contributed by atoms with van der Waals surface area (Å²) in [5.74, 6) is 3.20. The number of nitrogens with zero attached hydrogens (tertiary/aromatic N) is 3. The standard InChI is InChI=1S/C22H22N4O4/c1-27-16-7-5-15(6-8-16)24-22-20(25-19-13-23-9-10-26(19)22)14-11-17(28-2)21(30-4)18(12-14)29-3/h5-13,24H,1-4H3. The van der Waals surface area contributed by atoms with Crippen molar-refractivity contribution in [2.24, 2.45) is 0 Å². The van der Waals surface area contributed by atoms with Gasteiger partial charge in [0.2, 0.25) is 5.75 Å². The second-order valence-corrected chi connectivity index (χ2v) is 6.38. The quantitative estimate of drug-likeness (QED) is 0.493. The van der Waals surface area contributed by atoms with Crippen LogP contribution in [0.2, 0.25) is 0 Å². The van der Waals surface area contributed by atoms with Crippen LogP contribution in [0.5, 0.6) is 23.0 Å². The minimum atomic E-state index is 0.527. The van der Waals surface area contributed by atoms with Crippen molar-refractivity contribution in [3.05, 3.63) is 55.0 Å². The van der Waals surface area contributed by atoms with E-state index in [9.17, 15) is 0 Å². The average molecular weight is 406 g/mol. The minimum Gasteiger partial charge on any atom is -0.497 e. The van der Waals surface area contributed by atoms with E-state index >= 15 is 0 Å². The van der Waals surface area contributed by atoms with E-state index in [0.29, 0.717) is 22.9 Å². The molecule has 8 nitrogen and oxygen atoms in total. The molecule has 0 fully saturated rings. The van der Waals surface area contributed by atoms with E-state index in [1.165, 1.54) is 0 Å². The zero-order valence-electron chi connectivity index (χ0n) is 17.2. The van der Waals surface area contributed by atoms with Crippen LogP contribution in [0.3, 0.4) is 0 Å². The lowest BCUT2D eigenvalue weighted by Crippen LogP contribution is -1.99. The summed E-state index contributed by atoms with van der Waals surface area (Å²) in [5, 5.41) is 3.45. The van der Waals surface area contributed by atoms with Gasteiger partial charge in [0, 0.05) is 23.6 Å². The Balaban J connectivity index is 1.88. The van der Waals surface area contributed by atoms with Gasteiger partial charge in [-0.1, -0.05) is 0 Å². The van der Waals surface area contributed by atoms with E-state index in [4.69, 9.17) is 23.9 Å². The van der Waals surface area contributed by atoms with Crippen molar-refractivity contribution in [1.29, 1.82) is 0 Å². The number of aromatic nitrogens is 3. The Hall–Kier alpha value is -3.94. The van der Waals surface area contributed by atoms with E-state index in [2.05, 4.69) is 10.3 Å². The summed E-state index contributed by atoms with van der Waals surface area (Å²) in [6.45, 7) is 0. The molecule has 0 saturated heterocycles. The molecule has 8 heteroatoms. The van der Waals surface area contributed by atoms with Crippen molar-refractivity contribution in [3.8, 4) is 34.3 Å². The molecule has 2 aromatic heterocycles. The van der Waals surface area contributed by atoms with Crippen LogP contribution in [0.1, 0.15) is 0 Å². The van der Waals surface area contributed by atoms with Crippen molar-refractivity contribution < 1.29 is 18.9 Å². The molecule has 2 aromatic carbocycles. The lowest BCUT2D eigenvalue weighted by atomic mass is 10.1. The van der Waals surface area contributed by atoms with E-state index in [1.807, 2.05) is 47.0 Å². The van der Waals surface area contributed by atoms with Crippen LogP contribution in [-0.2, 0) is 0 Å². The molecule has 0 aliphatic carbocycles. The number of fused-ring (bicyclic) bond motifs is 1. The van der Waals surface area contributed by atoms with Gasteiger partial charge in [0.05, 0.1) is 34.6 Å². The summed E-state index contributed by atoms with van der Waals surface area (Å²) in [5.41, 5.74) is 3.13. The van der Waals surface area contributed by atoms with Crippen molar-refractivity contribution >= 4 is 17.2 Å². The molecule has 0 aliphatic heterocycles. The fraction of sp³-hybridized carbons (Fsp3) is 0.182. The summed E-state index contributed by atoms with van der Waals surface area (Å²) in [6, 6.07) is 11.4. The topological polar surface area (TPSA) is 79.1 Å². The van der Waals surface area contributed by atoms with Crippen molar-refractivity contribution in [2.45, 2.75) is 0 Å². The van der Waals surface area contributed by atoms with Gasteiger partial charge in [-0.2, -0.15) is 0 Å². The molecule has 0 bridgehead atoms. The Kier molecular flexibility index (Phi) is 5.30. The predicted molar refractivity (Wildman–Crippen MR) is 114 cm³/mol. The third kappa shape index (κ3) is 3.43. The number of rotatable bonds is 7. The Bertz CT molecular complexity index is 1150. The largest absolute Gasteiger partial charge is 0.497 e. The van der Waals surface area contributed by atoms with Crippen molar-refractivity contribution in [3.63, 3.8) is 0 Å². The molecule has 30 heavy (non-hydrogen) atoms. The molecule has 0 radical (unpaired) electrons. The number of hydrogen-bond donors (Lipinski definition) is 1. The first-order valence-corrected chi connectivity index (χ1v) is 9.22. The smallest absolute Gasteiger partial charge is 0.203 e. The van der Waals surface area contributed by atoms with Crippen LogP contribution in [0.25, 0.3) is 16.9 Å². The lowest BCUT2D eigenvalue weighted by Gasteiger charge is -2.14. The number of hydrogen-bond acceptors (Lipinski definition) is 7. The summed E-state index contributed by atoms with van der Waals surface area (Å²) in [6.07, 6.45) is 5.28. The molecule has 154 valence electrons. The van der Waals surface area contributed by atoms with Gasteiger partial charge in [0.15, 0.2) is 17.1 Å². The van der Waals surface area contributed by atoms with Gasteiger partial charge in [-0.25, -0.2) is 4.98 Å². The second kappa shape index (κ2) is 8.20. The number of imidazole rings is 1. The van der Waals surface area contributed by atoms with Crippen molar-refractivity contribution in [1.82, 2.24) is 14.4 Å². The third-order valence-corrected chi connectivity index (χ3v) is 4.72. The maximum atomic E-state index is 5.51. The van der Waals surface area contributed by atoms with E-state index in [-0.39, 0.29) is 0 Å². The summed E-state index contributed by atoms with van der Waals surface area (Å²) >= 11 is 0. The van der Waals surface area contributed by atoms with Crippen molar-refractivity contribution in [2.75, 3.05) is 33.8 Å². The summed E-state index contributed by atoms with van der Waals surface area (Å²) in [7, 11) is 6.39. The molecule has 0 unspecified atom stereocenters. The van der Waals surface area contributed by atoms with Gasteiger partial charge in [0.25, 0.3) is 0 Å². The van der Waals surface area contributed by atoms with Crippen LogP contribution in [0.4, 0.5) is 11.5 Å². The van der Waals surface area contributed by atoms with Crippen LogP contribution >= 0.6 is 0 Å². The highest BCUT2D eigenvalue weighted by Crippen LogP contribution is 2.43. The fourth-order valence-corrected chi connectivity index (χ4v) is 3.26. The van der Waals surface area contributed by atoms with Gasteiger partial charge in [-0.05, 0) is 36.4 Å². The molecule has 0 saturated carbocycles. The van der Waals surface area contributed by atoms with Crippen LogP contribution in [0, 0.1) is 0 Å². The molecule has 4 aromatic rings. The zero-order chi connectivity index (χ0) is 21.1. The van der Waals surface area contributed by atoms with E-state index in [1.54, 1.807) is 40.8 Å². The highest BCUT2D eigenvalue weighted by molar-refractivity contribution is 5.82. The maximum Gasteiger partial charge on any atom is 0.203 e. The first-order valence-electron chi connectivity index (χ1n) is 9.22. The van der Waals surface area contributed by atoms with Gasteiger partial charge >= 0.3 is 0 Å². The fourth-order valence-electron chi connectivity index (χ4n) is 3.26. The normalized spacial score (nSPS) is 10.7. The SMILES string of the molecule is COc1ccc(Nc2c(-c3cc(OC)c(OC)c(OC)c3)nc3cnccn23)cc1. The maximum absolute atomic E-state index is 5.51. The third-order valence-electron chi connectivity index (χ3n) is 4.72. The first-order chi connectivity index (χ1) is 14.7. The highest BCUT2D eigenvalue weighted by atomic mass is 16.5. The van der Waals surface area contributed by atoms with Gasteiger partial charge in [-0.15, -0.1) is 0 Å². The number of anilines is 2. The highest BCUT2D eigenvalue weighted by Gasteiger charge is 2.20. The summed E-state index contributed by atoms with van der Waals surface area (Å²) in [4.78, 5) is 8.97. The Labute approximate surface area is 174 Å². The zero-order valence-corrected chi connectivity index (χ0v) is 17.2. The van der Waals surface area contributed by atoms with Crippen LogP contribution in [-0.4, -0.2) is 42.8 Å². The molecule has 0 spiro atoms.